The second kappa shape index (κ2) is 6.21. The highest BCUT2D eigenvalue weighted by Crippen LogP contribution is 2.20. The number of methoxy groups -OCH3 is 1. The summed E-state index contributed by atoms with van der Waals surface area (Å²) in [6.45, 7) is 4.00. The van der Waals surface area contributed by atoms with Crippen LogP contribution in [-0.4, -0.2) is 19.3 Å². The number of benzene rings is 1. The smallest absolute Gasteiger partial charge is 0.0712 e. The SMILES string of the molecule is COC(C)C(Cc1ccc(C)cc1Cl)NN. The fraction of sp³-hybridized carbons (Fsp3) is 0.500. The summed E-state index contributed by atoms with van der Waals surface area (Å²) in [5, 5.41) is 0.781. The number of aryl methyl sites for hydroxylation is 1. The van der Waals surface area contributed by atoms with Crippen molar-refractivity contribution in [1.82, 2.24) is 5.43 Å². The summed E-state index contributed by atoms with van der Waals surface area (Å²) in [6.07, 6.45) is 0.798. The Labute approximate surface area is 102 Å². The van der Waals surface area contributed by atoms with Crippen LogP contribution >= 0.6 is 11.6 Å². The molecule has 0 aliphatic rings. The number of rotatable bonds is 5. The third-order valence-corrected chi connectivity index (χ3v) is 3.15. The van der Waals surface area contributed by atoms with Crippen LogP contribution in [0.1, 0.15) is 18.1 Å². The molecule has 0 aromatic heterocycles. The highest BCUT2D eigenvalue weighted by atomic mass is 35.5. The first kappa shape index (κ1) is 13.5. The molecule has 0 fully saturated rings. The van der Waals surface area contributed by atoms with Gasteiger partial charge in [0.2, 0.25) is 0 Å². The van der Waals surface area contributed by atoms with Gasteiger partial charge >= 0.3 is 0 Å². The van der Waals surface area contributed by atoms with Crippen molar-refractivity contribution >= 4 is 11.6 Å². The number of hydrazine groups is 1. The normalized spacial score (nSPS) is 14.8. The Kier molecular flexibility index (Phi) is 5.22. The molecular formula is C12H19ClN2O. The topological polar surface area (TPSA) is 47.3 Å². The third-order valence-electron chi connectivity index (χ3n) is 2.80. The van der Waals surface area contributed by atoms with Crippen molar-refractivity contribution in [2.45, 2.75) is 32.4 Å². The molecule has 0 saturated heterocycles. The Morgan fingerprint density at radius 1 is 1.50 bits per heavy atom. The molecule has 1 aromatic carbocycles. The summed E-state index contributed by atoms with van der Waals surface area (Å²) in [5.74, 6) is 5.50. The molecule has 4 heteroatoms. The van der Waals surface area contributed by atoms with E-state index in [1.807, 2.05) is 32.0 Å². The first-order valence-corrected chi connectivity index (χ1v) is 5.70. The number of nitrogens with two attached hydrogens (primary N) is 1. The van der Waals surface area contributed by atoms with Crippen LogP contribution < -0.4 is 11.3 Å². The Balaban J connectivity index is 2.78. The lowest BCUT2D eigenvalue weighted by Crippen LogP contribution is -2.45. The molecule has 1 rings (SSSR count). The largest absolute Gasteiger partial charge is 0.380 e. The van der Waals surface area contributed by atoms with Gasteiger partial charge in [-0.05, 0) is 37.5 Å². The Morgan fingerprint density at radius 3 is 2.69 bits per heavy atom. The summed E-state index contributed by atoms with van der Waals surface area (Å²) in [4.78, 5) is 0. The number of hydrogen-bond donors (Lipinski definition) is 2. The van der Waals surface area contributed by atoms with Gasteiger partial charge in [-0.3, -0.25) is 11.3 Å². The summed E-state index contributed by atoms with van der Waals surface area (Å²) in [5.41, 5.74) is 5.00. The molecule has 1 aromatic rings. The summed E-state index contributed by atoms with van der Waals surface area (Å²) in [7, 11) is 1.67. The Morgan fingerprint density at radius 2 is 2.19 bits per heavy atom. The zero-order chi connectivity index (χ0) is 12.1. The molecule has 3 N–H and O–H groups in total. The van der Waals surface area contributed by atoms with Crippen molar-refractivity contribution in [3.8, 4) is 0 Å². The van der Waals surface area contributed by atoms with Gasteiger partial charge in [-0.2, -0.15) is 0 Å². The lowest BCUT2D eigenvalue weighted by Gasteiger charge is -2.22. The average molecular weight is 243 g/mol. The predicted molar refractivity (Wildman–Crippen MR) is 67.5 cm³/mol. The van der Waals surface area contributed by atoms with E-state index in [9.17, 15) is 0 Å². The minimum absolute atomic E-state index is 0.0439. The second-order valence-corrected chi connectivity index (χ2v) is 4.42. The van der Waals surface area contributed by atoms with Gasteiger partial charge in [0.1, 0.15) is 0 Å². The standard InChI is InChI=1S/C12H19ClN2O/c1-8-4-5-10(11(13)6-8)7-12(15-14)9(2)16-3/h4-6,9,12,15H,7,14H2,1-3H3. The maximum absolute atomic E-state index is 6.17. The van der Waals surface area contributed by atoms with Crippen molar-refractivity contribution < 1.29 is 4.74 Å². The Bertz CT molecular complexity index is 344. The zero-order valence-corrected chi connectivity index (χ0v) is 10.7. The van der Waals surface area contributed by atoms with Crippen molar-refractivity contribution in [2.75, 3.05) is 7.11 Å². The predicted octanol–water partition coefficient (Wildman–Crippen LogP) is 2.06. The lowest BCUT2D eigenvalue weighted by atomic mass is 10.0. The highest BCUT2D eigenvalue weighted by molar-refractivity contribution is 6.31. The van der Waals surface area contributed by atoms with E-state index < -0.39 is 0 Å². The van der Waals surface area contributed by atoms with E-state index in [-0.39, 0.29) is 12.1 Å². The van der Waals surface area contributed by atoms with Crippen LogP contribution in [0.5, 0.6) is 0 Å². The van der Waals surface area contributed by atoms with E-state index in [1.165, 1.54) is 0 Å². The monoisotopic (exact) mass is 242 g/mol. The molecule has 0 amide bonds. The fourth-order valence-electron chi connectivity index (χ4n) is 1.58. The molecule has 0 aliphatic carbocycles. The van der Waals surface area contributed by atoms with Crippen LogP contribution in [-0.2, 0) is 11.2 Å². The van der Waals surface area contributed by atoms with Gasteiger partial charge in [-0.25, -0.2) is 0 Å². The van der Waals surface area contributed by atoms with E-state index >= 15 is 0 Å². The van der Waals surface area contributed by atoms with Crippen LogP contribution in [0.4, 0.5) is 0 Å². The van der Waals surface area contributed by atoms with Crippen LogP contribution in [0.25, 0.3) is 0 Å². The highest BCUT2D eigenvalue weighted by Gasteiger charge is 2.16. The maximum Gasteiger partial charge on any atom is 0.0712 e. The fourth-order valence-corrected chi connectivity index (χ4v) is 1.89. The Hall–Kier alpha value is -0.610. The van der Waals surface area contributed by atoms with Gasteiger partial charge in [0.15, 0.2) is 0 Å². The van der Waals surface area contributed by atoms with Gasteiger partial charge in [0, 0.05) is 12.1 Å². The minimum atomic E-state index is 0.0439. The lowest BCUT2D eigenvalue weighted by molar-refractivity contribution is 0.0831. The van der Waals surface area contributed by atoms with E-state index in [2.05, 4.69) is 5.43 Å². The van der Waals surface area contributed by atoms with Crippen LogP contribution in [0.3, 0.4) is 0 Å². The van der Waals surface area contributed by atoms with E-state index in [0.29, 0.717) is 0 Å². The number of ether oxygens (including phenoxy) is 1. The summed E-state index contributed by atoms with van der Waals surface area (Å²) < 4.78 is 5.25. The van der Waals surface area contributed by atoms with Crippen molar-refractivity contribution in [3.63, 3.8) is 0 Å². The molecule has 0 saturated carbocycles. The van der Waals surface area contributed by atoms with Gasteiger partial charge in [0.05, 0.1) is 12.1 Å². The van der Waals surface area contributed by atoms with Gasteiger partial charge in [-0.1, -0.05) is 23.7 Å². The van der Waals surface area contributed by atoms with Crippen LogP contribution in [0.2, 0.25) is 5.02 Å². The second-order valence-electron chi connectivity index (χ2n) is 4.01. The molecular weight excluding hydrogens is 224 g/mol. The van der Waals surface area contributed by atoms with Gasteiger partial charge in [0.25, 0.3) is 0 Å². The number of halogens is 1. The van der Waals surface area contributed by atoms with E-state index in [0.717, 1.165) is 22.6 Å². The van der Waals surface area contributed by atoms with Crippen molar-refractivity contribution in [3.05, 3.63) is 34.3 Å². The van der Waals surface area contributed by atoms with Crippen molar-refractivity contribution in [1.29, 1.82) is 0 Å². The van der Waals surface area contributed by atoms with Gasteiger partial charge in [-0.15, -0.1) is 0 Å². The van der Waals surface area contributed by atoms with Crippen LogP contribution in [0.15, 0.2) is 18.2 Å². The third kappa shape index (κ3) is 3.46. The molecule has 2 atom stereocenters. The van der Waals surface area contributed by atoms with E-state index in [4.69, 9.17) is 22.2 Å². The molecule has 0 heterocycles. The first-order valence-electron chi connectivity index (χ1n) is 5.32. The summed E-state index contributed by atoms with van der Waals surface area (Å²) in [6, 6.07) is 6.10. The van der Waals surface area contributed by atoms with Crippen molar-refractivity contribution in [2.24, 2.45) is 5.84 Å². The summed E-state index contributed by atoms with van der Waals surface area (Å²) >= 11 is 6.17. The molecule has 0 aliphatic heterocycles. The molecule has 2 unspecified atom stereocenters. The van der Waals surface area contributed by atoms with Gasteiger partial charge < -0.3 is 4.74 Å². The minimum Gasteiger partial charge on any atom is -0.380 e. The molecule has 16 heavy (non-hydrogen) atoms. The molecule has 0 radical (unpaired) electrons. The van der Waals surface area contributed by atoms with E-state index in [1.54, 1.807) is 7.11 Å². The zero-order valence-electron chi connectivity index (χ0n) is 9.96. The maximum atomic E-state index is 6.17. The molecule has 3 nitrogen and oxygen atoms in total. The first-order chi connectivity index (χ1) is 7.58. The number of hydrogen-bond acceptors (Lipinski definition) is 3. The van der Waals surface area contributed by atoms with Crippen LogP contribution in [0, 0.1) is 6.92 Å². The molecule has 0 spiro atoms. The average Bonchev–Trinajstić information content (AvgIpc) is 2.27. The molecule has 90 valence electrons. The molecule has 0 bridgehead atoms. The number of nitrogens with one attached hydrogen (secondary N) is 1. The quantitative estimate of drug-likeness (QED) is 0.614.